The molecule has 2 aromatic carbocycles. The average Bonchev–Trinajstić information content (AvgIpc) is 3.24. The van der Waals surface area contributed by atoms with E-state index in [-0.39, 0.29) is 33.1 Å². The molecule has 0 aliphatic carbocycles. The summed E-state index contributed by atoms with van der Waals surface area (Å²) in [5.41, 5.74) is 1.83. The number of carbonyl (C=O) groups excluding carboxylic acids is 2. The SMILES string of the molecule is O=C(Nc1nnc(SCC(=O)N2CCCc3ccccc32)s1)c1cc([N+](=O)[O-])ccc1Cl. The van der Waals surface area contributed by atoms with Crippen LogP contribution in [0, 0.1) is 10.1 Å². The van der Waals surface area contributed by atoms with E-state index in [9.17, 15) is 19.7 Å². The van der Waals surface area contributed by atoms with Crippen LogP contribution >= 0.6 is 34.7 Å². The number of amides is 2. The van der Waals surface area contributed by atoms with E-state index in [1.54, 1.807) is 4.90 Å². The van der Waals surface area contributed by atoms with Crippen molar-refractivity contribution in [2.45, 2.75) is 17.2 Å². The van der Waals surface area contributed by atoms with Crippen LogP contribution in [0.4, 0.5) is 16.5 Å². The molecular formula is C20H16ClN5O4S2. The van der Waals surface area contributed by atoms with Gasteiger partial charge in [-0.3, -0.25) is 25.0 Å². The van der Waals surface area contributed by atoms with E-state index in [1.165, 1.54) is 23.9 Å². The first kappa shape index (κ1) is 22.2. The molecule has 2 amide bonds. The smallest absolute Gasteiger partial charge is 0.270 e. The van der Waals surface area contributed by atoms with Gasteiger partial charge in [-0.05, 0) is 30.5 Å². The highest BCUT2D eigenvalue weighted by Gasteiger charge is 2.23. The zero-order valence-electron chi connectivity index (χ0n) is 16.5. The molecule has 0 atom stereocenters. The van der Waals surface area contributed by atoms with E-state index >= 15 is 0 Å². The highest BCUT2D eigenvalue weighted by Crippen LogP contribution is 2.30. The van der Waals surface area contributed by atoms with Gasteiger partial charge < -0.3 is 4.90 Å². The number of rotatable bonds is 6. The number of aryl methyl sites for hydroxylation is 1. The Hall–Kier alpha value is -3.02. The van der Waals surface area contributed by atoms with Gasteiger partial charge in [-0.1, -0.05) is 52.9 Å². The Morgan fingerprint density at radius 1 is 1.25 bits per heavy atom. The zero-order chi connectivity index (χ0) is 22.7. The van der Waals surface area contributed by atoms with Crippen LogP contribution in [0.1, 0.15) is 22.3 Å². The lowest BCUT2D eigenvalue weighted by Gasteiger charge is -2.29. The van der Waals surface area contributed by atoms with Crippen LogP contribution in [0.2, 0.25) is 5.02 Å². The fourth-order valence-electron chi connectivity index (χ4n) is 3.28. The molecule has 1 aliphatic rings. The Kier molecular flexibility index (Phi) is 6.68. The maximum atomic E-state index is 12.8. The predicted octanol–water partition coefficient (Wildman–Crippen LogP) is 4.42. The number of nitro benzene ring substituents is 1. The lowest BCUT2D eigenvalue weighted by Crippen LogP contribution is -2.36. The van der Waals surface area contributed by atoms with Gasteiger partial charge in [-0.15, -0.1) is 10.2 Å². The number of nitro groups is 1. The van der Waals surface area contributed by atoms with E-state index in [2.05, 4.69) is 15.5 Å². The number of hydrogen-bond acceptors (Lipinski definition) is 8. The van der Waals surface area contributed by atoms with Crippen molar-refractivity contribution in [1.82, 2.24) is 10.2 Å². The first-order valence-corrected chi connectivity index (χ1v) is 11.7. The summed E-state index contributed by atoms with van der Waals surface area (Å²) in [7, 11) is 0. The van der Waals surface area contributed by atoms with Crippen LogP contribution in [0.25, 0.3) is 0 Å². The Labute approximate surface area is 195 Å². The molecule has 0 saturated heterocycles. The molecule has 32 heavy (non-hydrogen) atoms. The number of anilines is 2. The lowest BCUT2D eigenvalue weighted by atomic mass is 10.0. The van der Waals surface area contributed by atoms with Crippen molar-refractivity contribution in [3.05, 3.63) is 68.7 Å². The summed E-state index contributed by atoms with van der Waals surface area (Å²) in [6.07, 6.45) is 1.88. The fraction of sp³-hybridized carbons (Fsp3) is 0.200. The largest absolute Gasteiger partial charge is 0.311 e. The standard InChI is InChI=1S/C20H16ClN5O4S2/c21-15-8-7-13(26(29)30)10-14(15)18(28)22-19-23-24-20(32-19)31-11-17(27)25-9-3-5-12-4-1-2-6-16(12)25/h1-2,4,6-8,10H,3,5,9,11H2,(H,22,23,28). The number of fused-ring (bicyclic) bond motifs is 1. The predicted molar refractivity (Wildman–Crippen MR) is 124 cm³/mol. The molecule has 0 radical (unpaired) electrons. The summed E-state index contributed by atoms with van der Waals surface area (Å²) in [5.74, 6) is -0.466. The minimum atomic E-state index is -0.632. The van der Waals surface area contributed by atoms with E-state index in [1.807, 2.05) is 24.3 Å². The monoisotopic (exact) mass is 489 g/mol. The summed E-state index contributed by atoms with van der Waals surface area (Å²) in [6, 6.07) is 11.5. The van der Waals surface area contributed by atoms with Gasteiger partial charge in [0.05, 0.1) is 21.3 Å². The third kappa shape index (κ3) is 4.90. The number of aromatic nitrogens is 2. The number of nitrogens with zero attached hydrogens (tertiary/aromatic N) is 4. The highest BCUT2D eigenvalue weighted by molar-refractivity contribution is 8.01. The van der Waals surface area contributed by atoms with Crippen LogP contribution in [-0.2, 0) is 11.2 Å². The number of nitrogens with one attached hydrogen (secondary N) is 1. The van der Waals surface area contributed by atoms with Crippen LogP contribution in [0.3, 0.4) is 0 Å². The molecule has 2 heterocycles. The van der Waals surface area contributed by atoms with Gasteiger partial charge in [0, 0.05) is 24.4 Å². The molecule has 3 aromatic rings. The first-order chi connectivity index (χ1) is 15.4. The Bertz CT molecular complexity index is 1200. The lowest BCUT2D eigenvalue weighted by molar-refractivity contribution is -0.384. The number of benzene rings is 2. The molecular weight excluding hydrogens is 474 g/mol. The summed E-state index contributed by atoms with van der Waals surface area (Å²) >= 11 is 8.34. The Balaban J connectivity index is 1.38. The number of halogens is 1. The average molecular weight is 490 g/mol. The second-order valence-electron chi connectivity index (χ2n) is 6.81. The third-order valence-electron chi connectivity index (χ3n) is 4.76. The number of thioether (sulfide) groups is 1. The minimum Gasteiger partial charge on any atom is -0.311 e. The van der Waals surface area contributed by atoms with Crippen LogP contribution < -0.4 is 10.2 Å². The maximum absolute atomic E-state index is 12.8. The van der Waals surface area contributed by atoms with Crippen molar-refractivity contribution >= 4 is 63.0 Å². The van der Waals surface area contributed by atoms with Gasteiger partial charge in [-0.2, -0.15) is 0 Å². The summed E-state index contributed by atoms with van der Waals surface area (Å²) in [6.45, 7) is 0.678. The van der Waals surface area contributed by atoms with Crippen molar-refractivity contribution in [2.75, 3.05) is 22.5 Å². The first-order valence-electron chi connectivity index (χ1n) is 9.52. The van der Waals surface area contributed by atoms with E-state index in [0.29, 0.717) is 10.9 Å². The summed E-state index contributed by atoms with van der Waals surface area (Å²) < 4.78 is 0.518. The molecule has 0 spiro atoms. The topological polar surface area (TPSA) is 118 Å². The molecule has 164 valence electrons. The molecule has 12 heteroatoms. The van der Waals surface area contributed by atoms with Gasteiger partial charge >= 0.3 is 0 Å². The van der Waals surface area contributed by atoms with Crippen LogP contribution in [0.15, 0.2) is 46.8 Å². The second-order valence-corrected chi connectivity index (χ2v) is 9.42. The second kappa shape index (κ2) is 9.63. The number of carbonyl (C=O) groups is 2. The summed E-state index contributed by atoms with van der Waals surface area (Å²) in [4.78, 5) is 37.3. The number of hydrogen-bond donors (Lipinski definition) is 1. The fourth-order valence-corrected chi connectivity index (χ4v) is 5.10. The highest BCUT2D eigenvalue weighted by atomic mass is 35.5. The summed E-state index contributed by atoms with van der Waals surface area (Å²) in [5, 5.41) is 21.7. The maximum Gasteiger partial charge on any atom is 0.270 e. The quantitative estimate of drug-likeness (QED) is 0.235. The van der Waals surface area contributed by atoms with Crippen molar-refractivity contribution in [3.8, 4) is 0 Å². The Morgan fingerprint density at radius 3 is 2.88 bits per heavy atom. The minimum absolute atomic E-state index is 0.0219. The van der Waals surface area contributed by atoms with Crippen LogP contribution in [0.5, 0.6) is 0 Å². The molecule has 1 N–H and O–H groups in total. The molecule has 0 unspecified atom stereocenters. The van der Waals surface area contributed by atoms with E-state index in [0.717, 1.165) is 41.5 Å². The van der Waals surface area contributed by atoms with Gasteiger partial charge in [0.1, 0.15) is 0 Å². The van der Waals surface area contributed by atoms with E-state index < -0.39 is 10.8 Å². The normalized spacial score (nSPS) is 12.8. The molecule has 9 nitrogen and oxygen atoms in total. The molecule has 0 bridgehead atoms. The van der Waals surface area contributed by atoms with Gasteiger partial charge in [0.15, 0.2) is 4.34 Å². The van der Waals surface area contributed by atoms with Crippen molar-refractivity contribution in [1.29, 1.82) is 0 Å². The van der Waals surface area contributed by atoms with Crippen LogP contribution in [-0.4, -0.2) is 39.2 Å². The Morgan fingerprint density at radius 2 is 2.06 bits per heavy atom. The number of non-ortho nitro benzene ring substituents is 1. The van der Waals surface area contributed by atoms with Crippen molar-refractivity contribution < 1.29 is 14.5 Å². The third-order valence-corrected chi connectivity index (χ3v) is 7.05. The molecule has 0 saturated carbocycles. The molecule has 1 aromatic heterocycles. The molecule has 1 aliphatic heterocycles. The van der Waals surface area contributed by atoms with Crippen molar-refractivity contribution in [3.63, 3.8) is 0 Å². The molecule has 4 rings (SSSR count). The number of para-hydroxylation sites is 1. The molecule has 0 fully saturated rings. The van der Waals surface area contributed by atoms with Gasteiger partial charge in [0.25, 0.3) is 11.6 Å². The van der Waals surface area contributed by atoms with Gasteiger partial charge in [0.2, 0.25) is 11.0 Å². The van der Waals surface area contributed by atoms with Gasteiger partial charge in [-0.25, -0.2) is 0 Å². The van der Waals surface area contributed by atoms with E-state index in [4.69, 9.17) is 11.6 Å². The van der Waals surface area contributed by atoms with Crippen molar-refractivity contribution in [2.24, 2.45) is 0 Å². The zero-order valence-corrected chi connectivity index (χ0v) is 18.9.